The Morgan fingerprint density at radius 3 is 2.58 bits per heavy atom. The van der Waals surface area contributed by atoms with Crippen molar-refractivity contribution in [2.24, 2.45) is 0 Å². The predicted molar refractivity (Wildman–Crippen MR) is 90.7 cm³/mol. The van der Waals surface area contributed by atoms with Crippen molar-refractivity contribution in [2.45, 2.75) is 13.2 Å². The number of hydrogen-bond donors (Lipinski definition) is 1. The minimum absolute atomic E-state index is 0.207. The molecular formula is C19H18N2O3. The Morgan fingerprint density at radius 1 is 1.00 bits per heavy atom. The number of ether oxygens (including phenoxy) is 2. The normalized spacial score (nSPS) is 10.4. The van der Waals surface area contributed by atoms with E-state index in [1.54, 1.807) is 19.4 Å². The van der Waals surface area contributed by atoms with Crippen molar-refractivity contribution in [3.63, 3.8) is 0 Å². The van der Waals surface area contributed by atoms with Gasteiger partial charge in [0.15, 0.2) is 0 Å². The first-order chi connectivity index (χ1) is 11.8. The number of pyridine rings is 2. The first kappa shape index (κ1) is 16.0. The van der Waals surface area contributed by atoms with Gasteiger partial charge in [-0.3, -0.25) is 4.98 Å². The molecule has 24 heavy (non-hydrogen) atoms. The van der Waals surface area contributed by atoms with Gasteiger partial charge in [0.05, 0.1) is 19.4 Å². The van der Waals surface area contributed by atoms with Gasteiger partial charge < -0.3 is 14.6 Å². The zero-order chi connectivity index (χ0) is 16.8. The minimum atomic E-state index is -0.207. The van der Waals surface area contributed by atoms with Crippen LogP contribution in [-0.4, -0.2) is 22.2 Å². The van der Waals surface area contributed by atoms with Crippen molar-refractivity contribution in [3.8, 4) is 22.9 Å². The van der Waals surface area contributed by atoms with Crippen LogP contribution in [0.3, 0.4) is 0 Å². The molecule has 5 nitrogen and oxygen atoms in total. The Balaban J connectivity index is 1.92. The average molecular weight is 322 g/mol. The Bertz CT molecular complexity index is 807. The van der Waals surface area contributed by atoms with Gasteiger partial charge in [0.25, 0.3) is 0 Å². The SMILES string of the molecule is COc1ccc(-c2ncccc2OCc2ccccc2)c(CO)n1. The van der Waals surface area contributed by atoms with Crippen LogP contribution < -0.4 is 9.47 Å². The van der Waals surface area contributed by atoms with Gasteiger partial charge in [-0.05, 0) is 23.8 Å². The molecule has 0 saturated carbocycles. The molecule has 3 aromatic rings. The number of hydrogen-bond acceptors (Lipinski definition) is 5. The van der Waals surface area contributed by atoms with Gasteiger partial charge >= 0.3 is 0 Å². The molecule has 1 N–H and O–H groups in total. The Morgan fingerprint density at radius 2 is 1.83 bits per heavy atom. The fraction of sp³-hybridized carbons (Fsp3) is 0.158. The Kier molecular flexibility index (Phi) is 5.03. The van der Waals surface area contributed by atoms with Crippen LogP contribution in [0.5, 0.6) is 11.6 Å². The van der Waals surface area contributed by atoms with E-state index < -0.39 is 0 Å². The molecule has 0 aliphatic heterocycles. The van der Waals surface area contributed by atoms with Crippen molar-refractivity contribution in [2.75, 3.05) is 7.11 Å². The Labute approximate surface area is 140 Å². The lowest BCUT2D eigenvalue weighted by molar-refractivity contribution is 0.274. The number of aliphatic hydroxyl groups excluding tert-OH is 1. The highest BCUT2D eigenvalue weighted by Crippen LogP contribution is 2.31. The van der Waals surface area contributed by atoms with Crippen LogP contribution in [-0.2, 0) is 13.2 Å². The predicted octanol–water partition coefficient (Wildman–Crippen LogP) is 3.22. The average Bonchev–Trinajstić information content (AvgIpc) is 2.67. The zero-order valence-corrected chi connectivity index (χ0v) is 13.3. The van der Waals surface area contributed by atoms with E-state index in [0.29, 0.717) is 29.6 Å². The van der Waals surface area contributed by atoms with Crippen molar-refractivity contribution >= 4 is 0 Å². The van der Waals surface area contributed by atoms with Gasteiger partial charge in [0, 0.05) is 17.8 Å². The van der Waals surface area contributed by atoms with E-state index in [1.165, 1.54) is 0 Å². The summed E-state index contributed by atoms with van der Waals surface area (Å²) in [4.78, 5) is 8.69. The summed E-state index contributed by atoms with van der Waals surface area (Å²) in [6.45, 7) is 0.235. The maximum Gasteiger partial charge on any atom is 0.213 e. The summed E-state index contributed by atoms with van der Waals surface area (Å²) in [7, 11) is 1.54. The number of benzene rings is 1. The smallest absolute Gasteiger partial charge is 0.213 e. The van der Waals surface area contributed by atoms with E-state index in [4.69, 9.17) is 9.47 Å². The molecule has 1 aromatic carbocycles. The lowest BCUT2D eigenvalue weighted by Crippen LogP contribution is -2.01. The summed E-state index contributed by atoms with van der Waals surface area (Å²) in [6, 6.07) is 17.2. The molecule has 122 valence electrons. The lowest BCUT2D eigenvalue weighted by atomic mass is 10.1. The molecule has 0 saturated heterocycles. The third-order valence-corrected chi connectivity index (χ3v) is 3.57. The maximum atomic E-state index is 9.61. The highest BCUT2D eigenvalue weighted by molar-refractivity contribution is 5.68. The molecule has 0 aliphatic carbocycles. The Hall–Kier alpha value is -2.92. The van der Waals surface area contributed by atoms with E-state index in [2.05, 4.69) is 9.97 Å². The van der Waals surface area contributed by atoms with Crippen molar-refractivity contribution in [1.82, 2.24) is 9.97 Å². The monoisotopic (exact) mass is 322 g/mol. The summed E-state index contributed by atoms with van der Waals surface area (Å²) in [5, 5.41) is 9.61. The topological polar surface area (TPSA) is 64.5 Å². The molecule has 0 atom stereocenters. The van der Waals surface area contributed by atoms with E-state index in [1.807, 2.05) is 48.5 Å². The van der Waals surface area contributed by atoms with Gasteiger partial charge in [-0.2, -0.15) is 0 Å². The number of methoxy groups -OCH3 is 1. The summed E-state index contributed by atoms with van der Waals surface area (Å²) in [6.07, 6.45) is 1.69. The third-order valence-electron chi connectivity index (χ3n) is 3.57. The van der Waals surface area contributed by atoms with Gasteiger partial charge in [0.2, 0.25) is 5.88 Å². The van der Waals surface area contributed by atoms with Crippen LogP contribution >= 0.6 is 0 Å². The largest absolute Gasteiger partial charge is 0.487 e. The van der Waals surface area contributed by atoms with Crippen LogP contribution in [0.25, 0.3) is 11.3 Å². The molecule has 0 fully saturated rings. The third kappa shape index (κ3) is 3.52. The molecule has 3 rings (SSSR count). The quantitative estimate of drug-likeness (QED) is 0.755. The molecule has 0 amide bonds. The van der Waals surface area contributed by atoms with E-state index >= 15 is 0 Å². The van der Waals surface area contributed by atoms with Crippen molar-refractivity contribution < 1.29 is 14.6 Å². The van der Waals surface area contributed by atoms with Gasteiger partial charge in [-0.25, -0.2) is 4.98 Å². The fourth-order valence-corrected chi connectivity index (χ4v) is 2.38. The summed E-state index contributed by atoms with van der Waals surface area (Å²) < 4.78 is 11.0. The first-order valence-corrected chi connectivity index (χ1v) is 7.58. The number of aromatic nitrogens is 2. The first-order valence-electron chi connectivity index (χ1n) is 7.58. The molecule has 2 heterocycles. The molecule has 2 aromatic heterocycles. The number of rotatable bonds is 6. The van der Waals surface area contributed by atoms with Gasteiger partial charge in [-0.15, -0.1) is 0 Å². The van der Waals surface area contributed by atoms with Crippen LogP contribution in [0.4, 0.5) is 0 Å². The second kappa shape index (κ2) is 7.57. The summed E-state index contributed by atoms with van der Waals surface area (Å²) >= 11 is 0. The maximum absolute atomic E-state index is 9.61. The molecule has 0 aliphatic rings. The van der Waals surface area contributed by atoms with Crippen LogP contribution in [0.2, 0.25) is 0 Å². The van der Waals surface area contributed by atoms with E-state index in [0.717, 1.165) is 11.1 Å². The molecule has 0 spiro atoms. The highest BCUT2D eigenvalue weighted by Gasteiger charge is 2.14. The second-order valence-corrected chi connectivity index (χ2v) is 5.13. The zero-order valence-electron chi connectivity index (χ0n) is 13.3. The molecular weight excluding hydrogens is 304 g/mol. The highest BCUT2D eigenvalue weighted by atomic mass is 16.5. The molecule has 0 unspecified atom stereocenters. The lowest BCUT2D eigenvalue weighted by Gasteiger charge is -2.13. The summed E-state index contributed by atoms with van der Waals surface area (Å²) in [5.41, 5.74) is 2.94. The fourth-order valence-electron chi connectivity index (χ4n) is 2.38. The van der Waals surface area contributed by atoms with Gasteiger partial charge in [0.1, 0.15) is 18.1 Å². The molecule has 0 bridgehead atoms. The standard InChI is InChI=1S/C19H18N2O3/c1-23-18-10-9-15(16(12-22)21-18)19-17(8-5-11-20-19)24-13-14-6-3-2-4-7-14/h2-11,22H,12-13H2,1H3. The number of aliphatic hydroxyl groups is 1. The van der Waals surface area contributed by atoms with Crippen LogP contribution in [0.15, 0.2) is 60.8 Å². The van der Waals surface area contributed by atoms with E-state index in [-0.39, 0.29) is 6.61 Å². The van der Waals surface area contributed by atoms with E-state index in [9.17, 15) is 5.11 Å². The number of nitrogens with zero attached hydrogens (tertiary/aromatic N) is 2. The second-order valence-electron chi connectivity index (χ2n) is 5.13. The van der Waals surface area contributed by atoms with Crippen LogP contribution in [0.1, 0.15) is 11.3 Å². The van der Waals surface area contributed by atoms with Crippen molar-refractivity contribution in [1.29, 1.82) is 0 Å². The molecule has 5 heteroatoms. The summed E-state index contributed by atoms with van der Waals surface area (Å²) in [5.74, 6) is 1.09. The minimum Gasteiger partial charge on any atom is -0.487 e. The molecule has 0 radical (unpaired) electrons. The van der Waals surface area contributed by atoms with Crippen LogP contribution in [0, 0.1) is 0 Å². The van der Waals surface area contributed by atoms with Gasteiger partial charge in [-0.1, -0.05) is 30.3 Å². The van der Waals surface area contributed by atoms with Crippen molar-refractivity contribution in [3.05, 3.63) is 72.1 Å².